The van der Waals surface area contributed by atoms with Crippen molar-refractivity contribution in [2.45, 2.75) is 19.8 Å². The number of ketones is 1. The molecule has 0 radical (unpaired) electrons. The highest BCUT2D eigenvalue weighted by Gasteiger charge is 2.15. The van der Waals surface area contributed by atoms with Crippen LogP contribution in [0.25, 0.3) is 10.8 Å². The molecular weight excluding hydrogens is 304 g/mol. The number of Topliss-reactive ketones (excluding diaryl/α,β-unsaturated/α-hetero) is 1. The minimum absolute atomic E-state index is 0.0586. The Morgan fingerprint density at radius 2 is 2.00 bits per heavy atom. The molecule has 0 aliphatic rings. The van der Waals surface area contributed by atoms with Gasteiger partial charge in [0.15, 0.2) is 5.78 Å². The van der Waals surface area contributed by atoms with E-state index < -0.39 is 0 Å². The summed E-state index contributed by atoms with van der Waals surface area (Å²) < 4.78 is 5.77. The maximum atomic E-state index is 12.2. The van der Waals surface area contributed by atoms with Crippen LogP contribution in [0.5, 0.6) is 5.75 Å². The van der Waals surface area contributed by atoms with E-state index in [9.17, 15) is 4.79 Å². The Labute approximate surface area is 121 Å². The van der Waals surface area contributed by atoms with Crippen molar-refractivity contribution >= 4 is 32.5 Å². The van der Waals surface area contributed by atoms with E-state index >= 15 is 0 Å². The van der Waals surface area contributed by atoms with E-state index in [0.717, 1.165) is 23.6 Å². The maximum Gasteiger partial charge on any atom is 0.177 e. The number of carbonyl (C=O) groups excluding carboxylic acids is 1. The van der Waals surface area contributed by atoms with Crippen molar-refractivity contribution in [3.05, 3.63) is 42.0 Å². The highest BCUT2D eigenvalue weighted by Crippen LogP contribution is 2.29. The molecule has 100 valence electrons. The van der Waals surface area contributed by atoms with Gasteiger partial charge < -0.3 is 4.74 Å². The summed E-state index contributed by atoms with van der Waals surface area (Å²) in [5, 5.41) is 2.33. The lowest BCUT2D eigenvalue weighted by molar-refractivity contribution is 0.102. The van der Waals surface area contributed by atoms with Crippen LogP contribution in [0.2, 0.25) is 0 Å². The van der Waals surface area contributed by atoms with Gasteiger partial charge in [0.25, 0.3) is 0 Å². The summed E-state index contributed by atoms with van der Waals surface area (Å²) in [6, 6.07) is 11.8. The van der Waals surface area contributed by atoms with Gasteiger partial charge in [0, 0.05) is 0 Å². The van der Waals surface area contributed by atoms with E-state index in [-0.39, 0.29) is 5.78 Å². The zero-order chi connectivity index (χ0) is 13.7. The second-order valence-electron chi connectivity index (χ2n) is 4.42. The number of fused-ring (bicyclic) bond motifs is 1. The van der Waals surface area contributed by atoms with Gasteiger partial charge in [-0.1, -0.05) is 59.6 Å². The van der Waals surface area contributed by atoms with Gasteiger partial charge in [-0.2, -0.15) is 0 Å². The Bertz CT molecular complexity index is 578. The summed E-state index contributed by atoms with van der Waals surface area (Å²) in [4.78, 5) is 12.2. The van der Waals surface area contributed by atoms with Gasteiger partial charge in [-0.15, -0.1) is 0 Å². The Morgan fingerprint density at radius 1 is 1.21 bits per heavy atom. The van der Waals surface area contributed by atoms with E-state index in [1.54, 1.807) is 0 Å². The topological polar surface area (TPSA) is 26.3 Å². The molecule has 0 fully saturated rings. The van der Waals surface area contributed by atoms with E-state index in [0.29, 0.717) is 23.2 Å². The third kappa shape index (κ3) is 3.16. The Balaban J connectivity index is 2.47. The van der Waals surface area contributed by atoms with Gasteiger partial charge >= 0.3 is 0 Å². The highest BCUT2D eigenvalue weighted by molar-refractivity contribution is 9.09. The van der Waals surface area contributed by atoms with Gasteiger partial charge in [0.2, 0.25) is 0 Å². The third-order valence-electron chi connectivity index (χ3n) is 3.05. The Morgan fingerprint density at radius 3 is 2.74 bits per heavy atom. The van der Waals surface area contributed by atoms with Gasteiger partial charge in [-0.05, 0) is 23.3 Å². The molecule has 0 aromatic heterocycles. The van der Waals surface area contributed by atoms with Gasteiger partial charge in [0.1, 0.15) is 5.75 Å². The SMILES string of the molecule is CCCCOc1ccc2ccccc2c1C(=O)CBr. The first-order chi connectivity index (χ1) is 9.27. The fourth-order valence-corrected chi connectivity index (χ4v) is 2.33. The third-order valence-corrected chi connectivity index (χ3v) is 3.56. The molecular formula is C16H17BrO2. The zero-order valence-corrected chi connectivity index (χ0v) is 12.6. The van der Waals surface area contributed by atoms with Gasteiger partial charge in [0.05, 0.1) is 17.5 Å². The van der Waals surface area contributed by atoms with E-state index in [4.69, 9.17) is 4.74 Å². The highest BCUT2D eigenvalue weighted by atomic mass is 79.9. The van der Waals surface area contributed by atoms with Crippen LogP contribution in [0.4, 0.5) is 0 Å². The first-order valence-electron chi connectivity index (χ1n) is 6.51. The van der Waals surface area contributed by atoms with Crippen molar-refractivity contribution in [1.29, 1.82) is 0 Å². The smallest absolute Gasteiger partial charge is 0.177 e. The zero-order valence-electron chi connectivity index (χ0n) is 11.0. The lowest BCUT2D eigenvalue weighted by Gasteiger charge is -2.12. The molecule has 0 unspecified atom stereocenters. The minimum atomic E-state index is 0.0586. The first kappa shape index (κ1) is 14.1. The maximum absolute atomic E-state index is 12.2. The summed E-state index contributed by atoms with van der Waals surface area (Å²) in [7, 11) is 0. The molecule has 0 aliphatic carbocycles. The van der Waals surface area contributed by atoms with Crippen molar-refractivity contribution < 1.29 is 9.53 Å². The van der Waals surface area contributed by atoms with Crippen LogP contribution in [0, 0.1) is 0 Å². The van der Waals surface area contributed by atoms with Crippen molar-refractivity contribution in [1.82, 2.24) is 0 Å². The lowest BCUT2D eigenvalue weighted by atomic mass is 10.0. The molecule has 0 saturated carbocycles. The van der Waals surface area contributed by atoms with Crippen molar-refractivity contribution in [3.63, 3.8) is 0 Å². The average Bonchev–Trinajstić information content (AvgIpc) is 2.46. The summed E-state index contributed by atoms with van der Waals surface area (Å²) in [6.45, 7) is 2.77. The molecule has 2 rings (SSSR count). The molecule has 19 heavy (non-hydrogen) atoms. The standard InChI is InChI=1S/C16H17BrO2/c1-2-3-10-19-15-9-8-12-6-4-5-7-13(12)16(15)14(18)11-17/h4-9H,2-3,10-11H2,1H3. The number of rotatable bonds is 6. The normalized spacial score (nSPS) is 10.6. The van der Waals surface area contributed by atoms with Crippen LogP contribution in [0.15, 0.2) is 36.4 Å². The van der Waals surface area contributed by atoms with Crippen LogP contribution in [-0.4, -0.2) is 17.7 Å². The van der Waals surface area contributed by atoms with Gasteiger partial charge in [-0.3, -0.25) is 4.79 Å². The summed E-state index contributed by atoms with van der Waals surface area (Å²) in [5.41, 5.74) is 0.686. The number of alkyl halides is 1. The summed E-state index contributed by atoms with van der Waals surface area (Å²) in [5.74, 6) is 0.750. The number of hydrogen-bond acceptors (Lipinski definition) is 2. The molecule has 0 bridgehead atoms. The molecule has 2 aromatic rings. The molecule has 0 heterocycles. The molecule has 0 atom stereocenters. The number of benzene rings is 2. The first-order valence-corrected chi connectivity index (χ1v) is 7.63. The fraction of sp³-hybridized carbons (Fsp3) is 0.312. The van der Waals surface area contributed by atoms with Crippen molar-refractivity contribution in [2.24, 2.45) is 0 Å². The van der Waals surface area contributed by atoms with Crippen LogP contribution in [0.3, 0.4) is 0 Å². The van der Waals surface area contributed by atoms with Crippen LogP contribution < -0.4 is 4.74 Å². The second kappa shape index (κ2) is 6.71. The van der Waals surface area contributed by atoms with Crippen molar-refractivity contribution in [3.8, 4) is 5.75 Å². The fourth-order valence-electron chi connectivity index (χ4n) is 2.05. The number of carbonyl (C=O) groups is 1. The quantitative estimate of drug-likeness (QED) is 0.442. The number of halogens is 1. The average molecular weight is 321 g/mol. The van der Waals surface area contributed by atoms with E-state index in [1.807, 2.05) is 36.4 Å². The Kier molecular flexibility index (Phi) is 4.97. The van der Waals surface area contributed by atoms with Crippen molar-refractivity contribution in [2.75, 3.05) is 11.9 Å². The predicted molar refractivity (Wildman–Crippen MR) is 82.5 cm³/mol. The number of hydrogen-bond donors (Lipinski definition) is 0. The monoisotopic (exact) mass is 320 g/mol. The molecule has 0 amide bonds. The number of ether oxygens (including phenoxy) is 1. The number of unbranched alkanes of at least 4 members (excludes halogenated alkanes) is 1. The molecule has 0 spiro atoms. The van der Waals surface area contributed by atoms with E-state index in [2.05, 4.69) is 22.9 Å². The van der Waals surface area contributed by atoms with Crippen LogP contribution >= 0.6 is 15.9 Å². The molecule has 2 nitrogen and oxygen atoms in total. The molecule has 0 saturated heterocycles. The molecule has 0 aliphatic heterocycles. The molecule has 0 N–H and O–H groups in total. The summed E-state index contributed by atoms with van der Waals surface area (Å²) in [6.07, 6.45) is 2.07. The summed E-state index contributed by atoms with van der Waals surface area (Å²) >= 11 is 3.25. The molecule has 2 aromatic carbocycles. The second-order valence-corrected chi connectivity index (χ2v) is 4.98. The van der Waals surface area contributed by atoms with Crippen LogP contribution in [-0.2, 0) is 0 Å². The lowest BCUT2D eigenvalue weighted by Crippen LogP contribution is -2.07. The largest absolute Gasteiger partial charge is 0.493 e. The van der Waals surface area contributed by atoms with E-state index in [1.165, 1.54) is 0 Å². The Hall–Kier alpha value is -1.35. The van der Waals surface area contributed by atoms with Crippen LogP contribution in [0.1, 0.15) is 30.1 Å². The predicted octanol–water partition coefficient (Wildman–Crippen LogP) is 4.60. The minimum Gasteiger partial charge on any atom is -0.493 e. The van der Waals surface area contributed by atoms with Gasteiger partial charge in [-0.25, -0.2) is 0 Å². The molecule has 3 heteroatoms.